The van der Waals surface area contributed by atoms with Crippen molar-refractivity contribution in [2.24, 2.45) is 0 Å². The van der Waals surface area contributed by atoms with Gasteiger partial charge in [0.05, 0.1) is 6.26 Å². The summed E-state index contributed by atoms with van der Waals surface area (Å²) in [6.07, 6.45) is 8.95. The van der Waals surface area contributed by atoms with Gasteiger partial charge in [0.1, 0.15) is 5.76 Å². The lowest BCUT2D eigenvalue weighted by atomic mass is 9.93. The van der Waals surface area contributed by atoms with Crippen LogP contribution in [0.1, 0.15) is 35.8 Å². The van der Waals surface area contributed by atoms with Crippen LogP contribution in [0.5, 0.6) is 0 Å². The van der Waals surface area contributed by atoms with E-state index < -0.39 is 0 Å². The van der Waals surface area contributed by atoms with E-state index in [1.165, 1.54) is 24.0 Å². The van der Waals surface area contributed by atoms with Crippen LogP contribution in [0.3, 0.4) is 0 Å². The molecule has 1 N–H and O–H groups in total. The number of fused-ring (bicyclic) bond motifs is 1. The molecule has 0 bridgehead atoms. The smallest absolute Gasteiger partial charge is 0.108 e. The van der Waals surface area contributed by atoms with Gasteiger partial charge in [-0.25, -0.2) is 0 Å². The highest BCUT2D eigenvalue weighted by Crippen LogP contribution is 2.30. The van der Waals surface area contributed by atoms with Crippen molar-refractivity contribution in [1.82, 2.24) is 10.3 Å². The first-order chi connectivity index (χ1) is 8.43. The summed E-state index contributed by atoms with van der Waals surface area (Å²) in [6, 6.07) is 6.63. The van der Waals surface area contributed by atoms with Crippen molar-refractivity contribution < 1.29 is 4.42 Å². The van der Waals surface area contributed by atoms with E-state index >= 15 is 0 Å². The van der Waals surface area contributed by atoms with Crippen LogP contribution in [0.15, 0.2) is 41.3 Å². The average molecular weight is 228 g/mol. The van der Waals surface area contributed by atoms with Gasteiger partial charge in [-0.1, -0.05) is 0 Å². The molecule has 0 radical (unpaired) electrons. The largest absolute Gasteiger partial charge is 0.469 e. The predicted molar refractivity (Wildman–Crippen MR) is 65.5 cm³/mol. The summed E-state index contributed by atoms with van der Waals surface area (Å²) in [6.45, 7) is 0.887. The summed E-state index contributed by atoms with van der Waals surface area (Å²) < 4.78 is 5.49. The first-order valence-corrected chi connectivity index (χ1v) is 6.12. The van der Waals surface area contributed by atoms with Crippen molar-refractivity contribution >= 4 is 0 Å². The maximum atomic E-state index is 5.49. The van der Waals surface area contributed by atoms with Crippen LogP contribution < -0.4 is 5.32 Å². The summed E-state index contributed by atoms with van der Waals surface area (Å²) in [5.41, 5.74) is 2.61. The van der Waals surface area contributed by atoms with Gasteiger partial charge in [0, 0.05) is 37.0 Å². The van der Waals surface area contributed by atoms with Crippen molar-refractivity contribution in [1.29, 1.82) is 0 Å². The van der Waals surface area contributed by atoms with Crippen LogP contribution in [0.4, 0.5) is 0 Å². The topological polar surface area (TPSA) is 38.1 Å². The van der Waals surface area contributed by atoms with Crippen molar-refractivity contribution in [3.05, 3.63) is 53.7 Å². The number of aromatic nitrogens is 1. The predicted octanol–water partition coefficient (Wildman–Crippen LogP) is 2.84. The number of aryl methyl sites for hydroxylation is 1. The van der Waals surface area contributed by atoms with Crippen molar-refractivity contribution in [2.75, 3.05) is 0 Å². The summed E-state index contributed by atoms with van der Waals surface area (Å²) in [7, 11) is 0. The second-order valence-electron chi connectivity index (χ2n) is 4.48. The molecule has 3 nitrogen and oxygen atoms in total. The lowest BCUT2D eigenvalue weighted by molar-refractivity contribution is 0.411. The second-order valence-corrected chi connectivity index (χ2v) is 4.48. The second kappa shape index (κ2) is 4.72. The van der Waals surface area contributed by atoms with Gasteiger partial charge in [-0.05, 0) is 36.6 Å². The molecule has 2 aromatic heterocycles. The Morgan fingerprint density at radius 2 is 2.18 bits per heavy atom. The Hall–Kier alpha value is -1.61. The van der Waals surface area contributed by atoms with Gasteiger partial charge in [-0.2, -0.15) is 0 Å². The Balaban J connectivity index is 1.68. The molecule has 2 heterocycles. The van der Waals surface area contributed by atoms with Crippen molar-refractivity contribution in [3.63, 3.8) is 0 Å². The molecule has 1 unspecified atom stereocenters. The molecule has 1 aliphatic rings. The van der Waals surface area contributed by atoms with Crippen molar-refractivity contribution in [2.45, 2.75) is 31.8 Å². The molecule has 0 spiro atoms. The minimum Gasteiger partial charge on any atom is -0.469 e. The number of hydrogen-bond acceptors (Lipinski definition) is 3. The first kappa shape index (κ1) is 10.5. The summed E-state index contributed by atoms with van der Waals surface area (Å²) in [5.74, 6) is 1.16. The first-order valence-electron chi connectivity index (χ1n) is 6.12. The lowest BCUT2D eigenvalue weighted by Gasteiger charge is -2.22. The monoisotopic (exact) mass is 228 g/mol. The van der Waals surface area contributed by atoms with E-state index in [0.717, 1.165) is 18.7 Å². The molecule has 88 valence electrons. The SMILES string of the molecule is c1cc(CNC2CCCc3occc32)ccn1. The van der Waals surface area contributed by atoms with Crippen LogP contribution >= 0.6 is 0 Å². The van der Waals surface area contributed by atoms with E-state index in [4.69, 9.17) is 4.42 Å². The highest BCUT2D eigenvalue weighted by Gasteiger charge is 2.21. The van der Waals surface area contributed by atoms with Crippen LogP contribution in [0.25, 0.3) is 0 Å². The average Bonchev–Trinajstić information content (AvgIpc) is 2.86. The van der Waals surface area contributed by atoms with Gasteiger partial charge in [0.15, 0.2) is 0 Å². The summed E-state index contributed by atoms with van der Waals surface area (Å²) in [4.78, 5) is 4.03. The molecule has 3 rings (SSSR count). The van der Waals surface area contributed by atoms with E-state index in [1.807, 2.05) is 24.5 Å². The molecular weight excluding hydrogens is 212 g/mol. The number of nitrogens with one attached hydrogen (secondary N) is 1. The standard InChI is InChI=1S/C14H16N2O/c1-2-13(12-6-9-17-14(12)3-1)16-10-11-4-7-15-8-5-11/h4-9,13,16H,1-3,10H2. The number of hydrogen-bond donors (Lipinski definition) is 1. The van der Waals surface area contributed by atoms with E-state index in [2.05, 4.69) is 16.4 Å². The third-order valence-electron chi connectivity index (χ3n) is 3.35. The van der Waals surface area contributed by atoms with Crippen LogP contribution in [-0.2, 0) is 13.0 Å². The number of furan rings is 1. The zero-order valence-electron chi connectivity index (χ0n) is 9.73. The molecule has 1 aliphatic carbocycles. The molecule has 0 aromatic carbocycles. The highest BCUT2D eigenvalue weighted by atomic mass is 16.3. The Kier molecular flexibility index (Phi) is 2.92. The number of rotatable bonds is 3. The van der Waals surface area contributed by atoms with Gasteiger partial charge >= 0.3 is 0 Å². The van der Waals surface area contributed by atoms with Crippen molar-refractivity contribution in [3.8, 4) is 0 Å². The van der Waals surface area contributed by atoms with Gasteiger partial charge in [-0.3, -0.25) is 4.98 Å². The fourth-order valence-corrected chi connectivity index (χ4v) is 2.44. The van der Waals surface area contributed by atoms with Gasteiger partial charge < -0.3 is 9.73 Å². The zero-order chi connectivity index (χ0) is 11.5. The molecule has 0 saturated heterocycles. The number of nitrogens with zero attached hydrogens (tertiary/aromatic N) is 1. The third kappa shape index (κ3) is 2.24. The van der Waals surface area contributed by atoms with E-state index in [9.17, 15) is 0 Å². The Morgan fingerprint density at radius 1 is 1.29 bits per heavy atom. The van der Waals surface area contributed by atoms with E-state index in [1.54, 1.807) is 6.26 Å². The zero-order valence-corrected chi connectivity index (χ0v) is 9.73. The normalized spacial score (nSPS) is 18.9. The molecule has 17 heavy (non-hydrogen) atoms. The Morgan fingerprint density at radius 3 is 3.06 bits per heavy atom. The van der Waals surface area contributed by atoms with Crippen LogP contribution in [0.2, 0.25) is 0 Å². The third-order valence-corrected chi connectivity index (χ3v) is 3.35. The van der Waals surface area contributed by atoms with Crippen LogP contribution in [-0.4, -0.2) is 4.98 Å². The Labute approximate surface area is 101 Å². The molecule has 0 aliphatic heterocycles. The van der Waals surface area contributed by atoms with E-state index in [0.29, 0.717) is 6.04 Å². The minimum atomic E-state index is 0.436. The lowest BCUT2D eigenvalue weighted by Crippen LogP contribution is -2.23. The Bertz CT molecular complexity index is 478. The quantitative estimate of drug-likeness (QED) is 0.877. The van der Waals surface area contributed by atoms with Crippen LogP contribution in [0, 0.1) is 0 Å². The van der Waals surface area contributed by atoms with E-state index in [-0.39, 0.29) is 0 Å². The molecule has 0 saturated carbocycles. The molecule has 3 heteroatoms. The molecular formula is C14H16N2O. The number of pyridine rings is 1. The minimum absolute atomic E-state index is 0.436. The summed E-state index contributed by atoms with van der Waals surface area (Å²) in [5, 5.41) is 3.59. The van der Waals surface area contributed by atoms with Gasteiger partial charge in [0.2, 0.25) is 0 Å². The summed E-state index contributed by atoms with van der Waals surface area (Å²) >= 11 is 0. The molecule has 1 atom stereocenters. The fraction of sp³-hybridized carbons (Fsp3) is 0.357. The van der Waals surface area contributed by atoms with Gasteiger partial charge in [-0.15, -0.1) is 0 Å². The molecule has 0 amide bonds. The van der Waals surface area contributed by atoms with Gasteiger partial charge in [0.25, 0.3) is 0 Å². The molecule has 2 aromatic rings. The maximum Gasteiger partial charge on any atom is 0.108 e. The maximum absolute atomic E-state index is 5.49. The fourth-order valence-electron chi connectivity index (χ4n) is 2.44. The molecule has 0 fully saturated rings. The highest BCUT2D eigenvalue weighted by molar-refractivity contribution is 5.24.